The van der Waals surface area contributed by atoms with Gasteiger partial charge in [-0.15, -0.1) is 10.2 Å². The van der Waals surface area contributed by atoms with E-state index >= 15 is 0 Å². The molecule has 0 radical (unpaired) electrons. The van der Waals surface area contributed by atoms with Crippen LogP contribution in [0.25, 0.3) is 0 Å². The lowest BCUT2D eigenvalue weighted by Crippen LogP contribution is -2.19. The molecule has 0 bridgehead atoms. The van der Waals surface area contributed by atoms with Gasteiger partial charge in [0.2, 0.25) is 0 Å². The van der Waals surface area contributed by atoms with E-state index in [1.54, 1.807) is 30.3 Å². The normalized spacial score (nSPS) is 11.1. The van der Waals surface area contributed by atoms with Crippen LogP contribution in [0.3, 0.4) is 0 Å². The van der Waals surface area contributed by atoms with Crippen molar-refractivity contribution in [2.75, 3.05) is 5.75 Å². The number of nitrogens with zero attached hydrogens (tertiary/aromatic N) is 3. The first-order valence-corrected chi connectivity index (χ1v) is 12.0. The van der Waals surface area contributed by atoms with Gasteiger partial charge in [0, 0.05) is 15.1 Å². The number of thioether (sulfide) groups is 1. The summed E-state index contributed by atoms with van der Waals surface area (Å²) in [6.45, 7) is 0.0142. The minimum absolute atomic E-state index is 0.00481. The number of hydrogen-bond donors (Lipinski definition) is 2. The second kappa shape index (κ2) is 11.4. The highest BCUT2D eigenvalue weighted by molar-refractivity contribution is 14.1. The Morgan fingerprint density at radius 3 is 2.94 bits per heavy atom. The zero-order chi connectivity index (χ0) is 22.4. The highest BCUT2D eigenvalue weighted by Gasteiger charge is 2.11. The highest BCUT2D eigenvalue weighted by atomic mass is 127. The molecule has 0 unspecified atom stereocenters. The Kier molecular flexibility index (Phi) is 8.84. The fraction of sp³-hybridized carbons (Fsp3) is 0.111. The molecule has 3 rings (SSSR count). The summed E-state index contributed by atoms with van der Waals surface area (Å²) in [5, 5.41) is 22.6. The first-order chi connectivity index (χ1) is 14.8. The number of carbonyl (C=O) groups excluding carboxylic acids is 1. The Hall–Kier alpha value is -1.54. The van der Waals surface area contributed by atoms with Crippen LogP contribution in [-0.2, 0) is 11.4 Å². The van der Waals surface area contributed by atoms with Crippen LogP contribution in [0.4, 0.5) is 0 Å². The van der Waals surface area contributed by atoms with Crippen molar-refractivity contribution >= 4 is 85.6 Å². The number of ether oxygens (including phenoxy) is 1. The Bertz CT molecular complexity index is 1130. The third kappa shape index (κ3) is 7.24. The van der Waals surface area contributed by atoms with Gasteiger partial charge in [-0.3, -0.25) is 4.79 Å². The van der Waals surface area contributed by atoms with E-state index in [-0.39, 0.29) is 35.1 Å². The molecule has 8 nitrogen and oxygen atoms in total. The second-order valence-electron chi connectivity index (χ2n) is 5.73. The topological polar surface area (TPSA) is 110 Å². The number of phenolic OH excluding ortho intramolecular Hbond substituents is 1. The van der Waals surface area contributed by atoms with E-state index in [0.717, 1.165) is 16.2 Å². The van der Waals surface area contributed by atoms with Crippen molar-refractivity contribution in [1.82, 2.24) is 15.6 Å². The molecule has 1 aromatic heterocycles. The molecule has 162 valence electrons. The smallest absolute Gasteiger partial charge is 0.277 e. The molecular weight excluding hydrogens is 646 g/mol. The van der Waals surface area contributed by atoms with Crippen LogP contribution in [0.5, 0.6) is 11.5 Å². The van der Waals surface area contributed by atoms with E-state index < -0.39 is 0 Å². The van der Waals surface area contributed by atoms with Crippen LogP contribution in [0, 0.1) is 3.57 Å². The SMILES string of the molecule is O=C(CSc1nnc(COc2ccc(Cl)cc2Cl)o1)N/N=C\c1cc(Br)cc(I)c1O. The molecule has 3 aromatic rings. The number of benzene rings is 2. The number of aromatic hydroxyl groups is 1. The number of hydrazone groups is 1. The van der Waals surface area contributed by atoms with Gasteiger partial charge in [0.15, 0.2) is 6.61 Å². The number of hydrogen-bond acceptors (Lipinski definition) is 8. The van der Waals surface area contributed by atoms with Crippen molar-refractivity contribution in [3.05, 3.63) is 59.9 Å². The molecule has 31 heavy (non-hydrogen) atoms. The van der Waals surface area contributed by atoms with Crippen molar-refractivity contribution in [3.63, 3.8) is 0 Å². The van der Waals surface area contributed by atoms with Gasteiger partial charge in [-0.2, -0.15) is 5.10 Å². The highest BCUT2D eigenvalue weighted by Crippen LogP contribution is 2.29. The third-order valence-electron chi connectivity index (χ3n) is 3.47. The van der Waals surface area contributed by atoms with Crippen LogP contribution in [-0.4, -0.2) is 33.2 Å². The lowest BCUT2D eigenvalue weighted by atomic mass is 10.2. The standard InChI is InChI=1S/C18H12BrCl2IN4O4S/c19-10-3-9(17(28)13(22)4-10)6-23-24-15(27)8-31-18-26-25-16(30-18)7-29-14-2-1-11(20)5-12(14)21/h1-6,28H,7-8H2,(H,24,27)/b23-6-. The zero-order valence-corrected chi connectivity index (χ0v) is 21.4. The Labute approximate surface area is 213 Å². The maximum absolute atomic E-state index is 11.9. The number of halogens is 4. The molecule has 0 atom stereocenters. The van der Waals surface area contributed by atoms with E-state index in [9.17, 15) is 9.90 Å². The van der Waals surface area contributed by atoms with Gasteiger partial charge < -0.3 is 14.3 Å². The molecule has 0 saturated carbocycles. The number of amides is 1. The van der Waals surface area contributed by atoms with E-state index in [1.807, 2.05) is 22.6 Å². The molecule has 0 aliphatic heterocycles. The molecule has 2 N–H and O–H groups in total. The van der Waals surface area contributed by atoms with Crippen molar-refractivity contribution in [2.45, 2.75) is 11.8 Å². The van der Waals surface area contributed by atoms with Gasteiger partial charge >= 0.3 is 0 Å². The molecule has 0 fully saturated rings. The lowest BCUT2D eigenvalue weighted by Gasteiger charge is -2.05. The van der Waals surface area contributed by atoms with Gasteiger partial charge in [0.05, 0.1) is 20.6 Å². The van der Waals surface area contributed by atoms with Crippen molar-refractivity contribution < 1.29 is 19.1 Å². The molecule has 13 heteroatoms. The number of nitrogens with one attached hydrogen (secondary N) is 1. The van der Waals surface area contributed by atoms with Crippen LogP contribution in [0.15, 0.2) is 49.5 Å². The first-order valence-electron chi connectivity index (χ1n) is 8.35. The quantitative estimate of drug-likeness (QED) is 0.147. The fourth-order valence-corrected chi connectivity index (χ4v) is 4.69. The zero-order valence-electron chi connectivity index (χ0n) is 15.3. The number of carbonyl (C=O) groups is 1. The van der Waals surface area contributed by atoms with E-state index in [2.05, 4.69) is 36.7 Å². The molecular formula is C18H12BrCl2IN4O4S. The summed E-state index contributed by atoms with van der Waals surface area (Å²) < 4.78 is 12.4. The van der Waals surface area contributed by atoms with Crippen LogP contribution in [0.1, 0.15) is 11.5 Å². The summed E-state index contributed by atoms with van der Waals surface area (Å²) in [6.07, 6.45) is 1.36. The minimum Gasteiger partial charge on any atom is -0.506 e. The maximum atomic E-state index is 11.9. The van der Waals surface area contributed by atoms with Gasteiger partial charge in [0.25, 0.3) is 17.0 Å². The summed E-state index contributed by atoms with van der Waals surface area (Å²) in [5.74, 6) is 0.366. The van der Waals surface area contributed by atoms with Crippen molar-refractivity contribution in [2.24, 2.45) is 5.10 Å². The average Bonchev–Trinajstić information content (AvgIpc) is 3.17. The van der Waals surface area contributed by atoms with Crippen LogP contribution in [0.2, 0.25) is 10.0 Å². The predicted molar refractivity (Wildman–Crippen MR) is 130 cm³/mol. The molecule has 0 spiro atoms. The molecule has 0 aliphatic rings. The third-order valence-corrected chi connectivity index (χ3v) is 6.10. The molecule has 0 aliphatic carbocycles. The van der Waals surface area contributed by atoms with E-state index in [1.165, 1.54) is 6.21 Å². The number of phenols is 1. The largest absolute Gasteiger partial charge is 0.506 e. The summed E-state index contributed by atoms with van der Waals surface area (Å²) in [6, 6.07) is 8.29. The van der Waals surface area contributed by atoms with Gasteiger partial charge in [-0.25, -0.2) is 5.43 Å². The lowest BCUT2D eigenvalue weighted by molar-refractivity contribution is -0.118. The summed E-state index contributed by atoms with van der Waals surface area (Å²) in [4.78, 5) is 11.9. The first kappa shape index (κ1) is 24.1. The maximum Gasteiger partial charge on any atom is 0.277 e. The molecule has 1 heterocycles. The van der Waals surface area contributed by atoms with Crippen LogP contribution >= 0.6 is 73.5 Å². The number of aromatic nitrogens is 2. The van der Waals surface area contributed by atoms with Crippen molar-refractivity contribution in [3.8, 4) is 11.5 Å². The Morgan fingerprint density at radius 2 is 2.16 bits per heavy atom. The Morgan fingerprint density at radius 1 is 1.35 bits per heavy atom. The summed E-state index contributed by atoms with van der Waals surface area (Å²) >= 11 is 18.3. The molecule has 0 saturated heterocycles. The van der Waals surface area contributed by atoms with Gasteiger partial charge in [-0.05, 0) is 52.9 Å². The summed E-state index contributed by atoms with van der Waals surface area (Å²) in [7, 11) is 0. The Balaban J connectivity index is 1.46. The fourth-order valence-electron chi connectivity index (χ4n) is 2.10. The average molecular weight is 658 g/mol. The van der Waals surface area contributed by atoms with E-state index in [4.69, 9.17) is 32.4 Å². The molecule has 1 amide bonds. The van der Waals surface area contributed by atoms with Crippen molar-refractivity contribution in [1.29, 1.82) is 0 Å². The van der Waals surface area contributed by atoms with Crippen LogP contribution < -0.4 is 10.2 Å². The summed E-state index contributed by atoms with van der Waals surface area (Å²) in [5.41, 5.74) is 2.84. The second-order valence-corrected chi connectivity index (χ2v) is 9.58. The number of rotatable bonds is 8. The monoisotopic (exact) mass is 656 g/mol. The molecule has 2 aromatic carbocycles. The van der Waals surface area contributed by atoms with Gasteiger partial charge in [0.1, 0.15) is 11.5 Å². The van der Waals surface area contributed by atoms with Gasteiger partial charge in [-0.1, -0.05) is 50.9 Å². The predicted octanol–water partition coefficient (Wildman–Crippen LogP) is 5.27. The van der Waals surface area contributed by atoms with E-state index in [0.29, 0.717) is 24.9 Å². The minimum atomic E-state index is -0.380.